The SMILES string of the molecule is O=C1C2CC(c3ccc4c(c3)OCO4)NN2C=CN1Cc1ccccc1. The van der Waals surface area contributed by atoms with Gasteiger partial charge in [-0.25, -0.2) is 5.43 Å². The summed E-state index contributed by atoms with van der Waals surface area (Å²) in [6.45, 7) is 0.858. The van der Waals surface area contributed by atoms with Crippen LogP contribution in [-0.4, -0.2) is 28.7 Å². The Morgan fingerprint density at radius 3 is 2.77 bits per heavy atom. The molecule has 2 aromatic rings. The van der Waals surface area contributed by atoms with E-state index in [1.165, 1.54) is 0 Å². The summed E-state index contributed by atoms with van der Waals surface area (Å²) in [5, 5.41) is 1.92. The summed E-state index contributed by atoms with van der Waals surface area (Å²) in [5.74, 6) is 1.66. The minimum absolute atomic E-state index is 0.0692. The van der Waals surface area contributed by atoms with Gasteiger partial charge in [0.1, 0.15) is 6.04 Å². The second kappa shape index (κ2) is 6.07. The van der Waals surface area contributed by atoms with Crippen molar-refractivity contribution in [2.45, 2.75) is 25.0 Å². The number of carbonyl (C=O) groups excluding carboxylic acids is 1. The minimum atomic E-state index is -0.195. The van der Waals surface area contributed by atoms with Crippen molar-refractivity contribution in [3.63, 3.8) is 0 Å². The number of fused-ring (bicyclic) bond motifs is 2. The van der Waals surface area contributed by atoms with Crippen LogP contribution in [0, 0.1) is 0 Å². The van der Waals surface area contributed by atoms with Crippen LogP contribution in [0.5, 0.6) is 11.5 Å². The summed E-state index contributed by atoms with van der Waals surface area (Å²) in [5.41, 5.74) is 5.64. The molecule has 1 N–H and O–H groups in total. The van der Waals surface area contributed by atoms with E-state index < -0.39 is 0 Å². The van der Waals surface area contributed by atoms with E-state index in [2.05, 4.69) is 5.43 Å². The van der Waals surface area contributed by atoms with Crippen molar-refractivity contribution in [1.82, 2.24) is 15.3 Å². The fraction of sp³-hybridized carbons (Fsp3) is 0.250. The van der Waals surface area contributed by atoms with Gasteiger partial charge in [-0.1, -0.05) is 36.4 Å². The van der Waals surface area contributed by atoms with E-state index in [0.29, 0.717) is 13.0 Å². The number of hydrogen-bond acceptors (Lipinski definition) is 5. The zero-order chi connectivity index (χ0) is 17.5. The maximum absolute atomic E-state index is 12.9. The highest BCUT2D eigenvalue weighted by atomic mass is 16.7. The van der Waals surface area contributed by atoms with E-state index in [1.54, 1.807) is 4.90 Å². The molecule has 1 amide bonds. The van der Waals surface area contributed by atoms with Gasteiger partial charge >= 0.3 is 0 Å². The molecule has 2 unspecified atom stereocenters. The lowest BCUT2D eigenvalue weighted by atomic mass is 10.0. The molecule has 0 aromatic heterocycles. The lowest BCUT2D eigenvalue weighted by molar-refractivity contribution is -0.134. The van der Waals surface area contributed by atoms with Crippen molar-refractivity contribution in [3.05, 3.63) is 72.1 Å². The van der Waals surface area contributed by atoms with Crippen LogP contribution in [0.4, 0.5) is 0 Å². The van der Waals surface area contributed by atoms with E-state index >= 15 is 0 Å². The van der Waals surface area contributed by atoms with Crippen LogP contribution in [0.1, 0.15) is 23.6 Å². The third-order valence-electron chi connectivity index (χ3n) is 5.07. The summed E-state index contributed by atoms with van der Waals surface area (Å²) in [6.07, 6.45) is 4.51. The molecule has 1 fully saturated rings. The molecule has 2 atom stereocenters. The molecule has 0 spiro atoms. The normalized spacial score (nSPS) is 23.5. The number of hydrogen-bond donors (Lipinski definition) is 1. The zero-order valence-electron chi connectivity index (χ0n) is 14.2. The first-order chi connectivity index (χ1) is 12.8. The van der Waals surface area contributed by atoms with Crippen LogP contribution in [0.2, 0.25) is 0 Å². The van der Waals surface area contributed by atoms with Crippen molar-refractivity contribution in [3.8, 4) is 11.5 Å². The van der Waals surface area contributed by atoms with E-state index in [-0.39, 0.29) is 24.8 Å². The Bertz CT molecular complexity index is 868. The Balaban J connectivity index is 1.32. The van der Waals surface area contributed by atoms with Gasteiger partial charge in [-0.15, -0.1) is 0 Å². The molecule has 0 bridgehead atoms. The average molecular weight is 349 g/mol. The van der Waals surface area contributed by atoms with Gasteiger partial charge in [-0.2, -0.15) is 0 Å². The topological polar surface area (TPSA) is 54.0 Å². The Labute approximate surface area is 151 Å². The third-order valence-corrected chi connectivity index (χ3v) is 5.07. The quantitative estimate of drug-likeness (QED) is 0.923. The fourth-order valence-electron chi connectivity index (χ4n) is 3.69. The molecule has 132 valence electrons. The molecule has 0 saturated carbocycles. The number of benzene rings is 2. The maximum atomic E-state index is 12.9. The lowest BCUT2D eigenvalue weighted by Crippen LogP contribution is -2.47. The number of rotatable bonds is 3. The molecule has 1 saturated heterocycles. The van der Waals surface area contributed by atoms with Crippen molar-refractivity contribution in [1.29, 1.82) is 0 Å². The Hall–Kier alpha value is -2.99. The second-order valence-electron chi connectivity index (χ2n) is 6.70. The molecule has 5 rings (SSSR count). The first-order valence-corrected chi connectivity index (χ1v) is 8.75. The molecule has 6 nitrogen and oxygen atoms in total. The van der Waals surface area contributed by atoms with Gasteiger partial charge in [0.15, 0.2) is 11.5 Å². The first-order valence-electron chi connectivity index (χ1n) is 8.75. The first kappa shape index (κ1) is 15.3. The van der Waals surface area contributed by atoms with E-state index in [4.69, 9.17) is 9.47 Å². The Morgan fingerprint density at radius 1 is 1.04 bits per heavy atom. The monoisotopic (exact) mass is 349 g/mol. The highest BCUT2D eigenvalue weighted by molar-refractivity contribution is 5.84. The lowest BCUT2D eigenvalue weighted by Gasteiger charge is -2.31. The van der Waals surface area contributed by atoms with E-state index in [9.17, 15) is 4.79 Å². The number of hydrazine groups is 1. The van der Waals surface area contributed by atoms with Gasteiger partial charge in [0.2, 0.25) is 6.79 Å². The summed E-state index contributed by atoms with van der Waals surface area (Å²) in [7, 11) is 0. The van der Waals surface area contributed by atoms with Gasteiger partial charge in [-0.05, 0) is 29.7 Å². The van der Waals surface area contributed by atoms with Crippen LogP contribution in [0.3, 0.4) is 0 Å². The van der Waals surface area contributed by atoms with E-state index in [0.717, 1.165) is 22.6 Å². The molecule has 26 heavy (non-hydrogen) atoms. The highest BCUT2D eigenvalue weighted by Crippen LogP contribution is 2.37. The number of nitrogens with zero attached hydrogens (tertiary/aromatic N) is 2. The zero-order valence-corrected chi connectivity index (χ0v) is 14.2. The summed E-state index contributed by atoms with van der Waals surface area (Å²) >= 11 is 0. The van der Waals surface area contributed by atoms with Crippen LogP contribution in [-0.2, 0) is 11.3 Å². The van der Waals surface area contributed by atoms with Crippen LogP contribution < -0.4 is 14.9 Å². The fourth-order valence-corrected chi connectivity index (χ4v) is 3.69. The molecule has 0 radical (unpaired) electrons. The largest absolute Gasteiger partial charge is 0.454 e. The van der Waals surface area contributed by atoms with Crippen molar-refractivity contribution < 1.29 is 14.3 Å². The molecule has 3 heterocycles. The third kappa shape index (κ3) is 2.59. The maximum Gasteiger partial charge on any atom is 0.251 e. The summed E-state index contributed by atoms with van der Waals surface area (Å²) < 4.78 is 10.8. The molecule has 3 aliphatic rings. The number of nitrogens with one attached hydrogen (secondary N) is 1. The predicted octanol–water partition coefficient (Wildman–Crippen LogP) is 2.55. The molecular formula is C20H19N3O3. The smallest absolute Gasteiger partial charge is 0.251 e. The molecule has 0 aliphatic carbocycles. The molecule has 2 aromatic carbocycles. The van der Waals surface area contributed by atoms with Crippen LogP contribution >= 0.6 is 0 Å². The standard InChI is InChI=1S/C20H19N3O3/c24-20-17-11-16(15-6-7-18-19(10-15)26-13-25-18)21-23(17)9-8-22(20)12-14-4-2-1-3-5-14/h1-10,16-17,21H,11-13H2. The predicted molar refractivity (Wildman–Crippen MR) is 94.8 cm³/mol. The summed E-state index contributed by atoms with van der Waals surface area (Å²) in [6, 6.07) is 15.9. The molecule has 3 aliphatic heterocycles. The van der Waals surface area contributed by atoms with Gasteiger partial charge < -0.3 is 19.4 Å². The second-order valence-corrected chi connectivity index (χ2v) is 6.70. The number of carbonyl (C=O) groups is 1. The Morgan fingerprint density at radius 2 is 1.88 bits per heavy atom. The van der Waals surface area contributed by atoms with Gasteiger partial charge in [0.05, 0.1) is 12.6 Å². The summed E-state index contributed by atoms with van der Waals surface area (Å²) in [4.78, 5) is 14.7. The highest BCUT2D eigenvalue weighted by Gasteiger charge is 2.40. The Kier molecular flexibility index (Phi) is 3.57. The minimum Gasteiger partial charge on any atom is -0.454 e. The van der Waals surface area contributed by atoms with Crippen molar-refractivity contribution in [2.75, 3.05) is 6.79 Å². The van der Waals surface area contributed by atoms with E-state index in [1.807, 2.05) is 65.9 Å². The van der Waals surface area contributed by atoms with Crippen LogP contribution in [0.25, 0.3) is 0 Å². The van der Waals surface area contributed by atoms with Gasteiger partial charge in [-0.3, -0.25) is 4.79 Å². The van der Waals surface area contributed by atoms with Gasteiger partial charge in [0, 0.05) is 12.4 Å². The van der Waals surface area contributed by atoms with Gasteiger partial charge in [0.25, 0.3) is 5.91 Å². The molecule has 6 heteroatoms. The average Bonchev–Trinajstić information content (AvgIpc) is 3.31. The van der Waals surface area contributed by atoms with Crippen molar-refractivity contribution in [2.24, 2.45) is 0 Å². The number of amides is 1. The van der Waals surface area contributed by atoms with Crippen molar-refractivity contribution >= 4 is 5.91 Å². The van der Waals surface area contributed by atoms with Crippen LogP contribution in [0.15, 0.2) is 60.9 Å². The number of ether oxygens (including phenoxy) is 2. The molecular weight excluding hydrogens is 330 g/mol.